The molecule has 4 heteroatoms. The van der Waals surface area contributed by atoms with Crippen molar-refractivity contribution < 1.29 is 4.84 Å². The molecule has 0 saturated heterocycles. The van der Waals surface area contributed by atoms with Crippen molar-refractivity contribution in [3.8, 4) is 0 Å². The summed E-state index contributed by atoms with van der Waals surface area (Å²) >= 11 is 0. The number of rotatable bonds is 2. The number of hydrogen-bond donors (Lipinski definition) is 2. The molecule has 0 spiro atoms. The molecule has 0 amide bonds. The summed E-state index contributed by atoms with van der Waals surface area (Å²) in [4.78, 5) is 5.38. The van der Waals surface area contributed by atoms with Crippen LogP contribution in [0.25, 0.3) is 10.9 Å². The highest BCUT2D eigenvalue weighted by Crippen LogP contribution is 2.26. The Morgan fingerprint density at radius 2 is 1.93 bits per heavy atom. The van der Waals surface area contributed by atoms with E-state index in [-0.39, 0.29) is 0 Å². The molecule has 4 nitrogen and oxygen atoms in total. The molecule has 0 aliphatic rings. The molecular formula is C10H13N3O. The van der Waals surface area contributed by atoms with Gasteiger partial charge in [-0.1, -0.05) is 0 Å². The molecule has 1 heterocycles. The highest BCUT2D eigenvalue weighted by atomic mass is 16.7. The Hall–Kier alpha value is -1.84. The largest absolute Gasteiger partial charge is 0.414 e. The SMILES string of the molecule is CCOn1ccc2c(N)ccc(N)c21. The number of anilines is 2. The summed E-state index contributed by atoms with van der Waals surface area (Å²) in [6, 6.07) is 5.48. The minimum Gasteiger partial charge on any atom is -0.414 e. The van der Waals surface area contributed by atoms with Crippen molar-refractivity contribution >= 4 is 22.3 Å². The lowest BCUT2D eigenvalue weighted by Gasteiger charge is -2.07. The van der Waals surface area contributed by atoms with E-state index in [9.17, 15) is 0 Å². The van der Waals surface area contributed by atoms with Gasteiger partial charge < -0.3 is 16.3 Å². The minimum absolute atomic E-state index is 0.595. The summed E-state index contributed by atoms with van der Waals surface area (Å²) < 4.78 is 1.65. The average Bonchev–Trinajstić information content (AvgIpc) is 2.58. The molecule has 0 saturated carbocycles. The molecule has 1 aromatic carbocycles. The van der Waals surface area contributed by atoms with Gasteiger partial charge in [0.05, 0.1) is 5.69 Å². The minimum atomic E-state index is 0.595. The van der Waals surface area contributed by atoms with Crippen LogP contribution in [-0.4, -0.2) is 11.3 Å². The van der Waals surface area contributed by atoms with Crippen LogP contribution in [0.3, 0.4) is 0 Å². The first-order valence-electron chi connectivity index (χ1n) is 4.52. The van der Waals surface area contributed by atoms with Gasteiger partial charge in [0.15, 0.2) is 0 Å². The van der Waals surface area contributed by atoms with Gasteiger partial charge in [0.2, 0.25) is 0 Å². The number of nitrogens with zero attached hydrogens (tertiary/aromatic N) is 1. The van der Waals surface area contributed by atoms with Gasteiger partial charge in [0.1, 0.15) is 12.1 Å². The number of hydrogen-bond acceptors (Lipinski definition) is 3. The Labute approximate surface area is 82.0 Å². The first-order chi connectivity index (χ1) is 6.74. The second-order valence-corrected chi connectivity index (χ2v) is 3.07. The van der Waals surface area contributed by atoms with Crippen LogP contribution in [0.15, 0.2) is 24.4 Å². The van der Waals surface area contributed by atoms with Gasteiger partial charge in [-0.2, -0.15) is 4.73 Å². The molecule has 0 bridgehead atoms. The zero-order chi connectivity index (χ0) is 10.1. The molecule has 0 radical (unpaired) electrons. The van der Waals surface area contributed by atoms with E-state index in [1.54, 1.807) is 16.9 Å². The van der Waals surface area contributed by atoms with E-state index >= 15 is 0 Å². The highest BCUT2D eigenvalue weighted by molar-refractivity contribution is 5.98. The molecule has 0 aliphatic heterocycles. The molecule has 0 unspecified atom stereocenters. The standard InChI is InChI=1S/C10H13N3O/c1-2-14-13-6-5-7-8(11)3-4-9(12)10(7)13/h3-6H,2,11-12H2,1H3. The summed E-state index contributed by atoms with van der Waals surface area (Å²) in [6.07, 6.45) is 1.82. The van der Waals surface area contributed by atoms with Gasteiger partial charge in [-0.3, -0.25) is 0 Å². The summed E-state index contributed by atoms with van der Waals surface area (Å²) in [5.74, 6) is 0. The van der Waals surface area contributed by atoms with Gasteiger partial charge in [0.25, 0.3) is 0 Å². The highest BCUT2D eigenvalue weighted by Gasteiger charge is 2.07. The molecule has 0 aliphatic carbocycles. The van der Waals surface area contributed by atoms with Crippen LogP contribution in [-0.2, 0) is 0 Å². The molecule has 0 fully saturated rings. The van der Waals surface area contributed by atoms with Gasteiger partial charge in [0, 0.05) is 17.3 Å². The first kappa shape index (κ1) is 8.74. The lowest BCUT2D eigenvalue weighted by atomic mass is 10.2. The maximum absolute atomic E-state index is 5.84. The van der Waals surface area contributed by atoms with Crippen LogP contribution in [0.4, 0.5) is 11.4 Å². The number of nitrogens with two attached hydrogens (primary N) is 2. The first-order valence-corrected chi connectivity index (χ1v) is 4.52. The van der Waals surface area contributed by atoms with Crippen LogP contribution < -0.4 is 16.3 Å². The molecule has 2 rings (SSSR count). The normalized spacial score (nSPS) is 10.6. The zero-order valence-electron chi connectivity index (χ0n) is 8.03. The number of aromatic nitrogens is 1. The summed E-state index contributed by atoms with van der Waals surface area (Å²) in [7, 11) is 0. The predicted molar refractivity (Wildman–Crippen MR) is 57.9 cm³/mol. The molecular weight excluding hydrogens is 178 g/mol. The fraction of sp³-hybridized carbons (Fsp3) is 0.200. The van der Waals surface area contributed by atoms with E-state index in [1.807, 2.05) is 19.2 Å². The summed E-state index contributed by atoms with van der Waals surface area (Å²) in [5, 5.41) is 0.929. The molecule has 74 valence electrons. The molecule has 2 aromatic rings. The second-order valence-electron chi connectivity index (χ2n) is 3.07. The van der Waals surface area contributed by atoms with Gasteiger partial charge in [-0.05, 0) is 25.1 Å². The Morgan fingerprint density at radius 1 is 1.21 bits per heavy atom. The number of benzene rings is 1. The fourth-order valence-electron chi connectivity index (χ4n) is 1.53. The maximum Gasteiger partial charge on any atom is 0.112 e. The van der Waals surface area contributed by atoms with E-state index < -0.39 is 0 Å². The number of fused-ring (bicyclic) bond motifs is 1. The van der Waals surface area contributed by atoms with Crippen molar-refractivity contribution in [2.24, 2.45) is 0 Å². The third-order valence-electron chi connectivity index (χ3n) is 2.15. The number of nitrogen functional groups attached to an aromatic ring is 2. The van der Waals surface area contributed by atoms with Crippen LogP contribution in [0.2, 0.25) is 0 Å². The summed E-state index contributed by atoms with van der Waals surface area (Å²) in [5.41, 5.74) is 13.9. The fourth-order valence-corrected chi connectivity index (χ4v) is 1.53. The van der Waals surface area contributed by atoms with Crippen LogP contribution >= 0.6 is 0 Å². The van der Waals surface area contributed by atoms with Gasteiger partial charge >= 0.3 is 0 Å². The Kier molecular flexibility index (Phi) is 1.96. The summed E-state index contributed by atoms with van der Waals surface area (Å²) in [6.45, 7) is 2.52. The van der Waals surface area contributed by atoms with Gasteiger partial charge in [-0.15, -0.1) is 0 Å². The van der Waals surface area contributed by atoms with E-state index in [0.717, 1.165) is 10.9 Å². The third kappa shape index (κ3) is 1.16. The zero-order valence-corrected chi connectivity index (χ0v) is 8.03. The van der Waals surface area contributed by atoms with E-state index in [0.29, 0.717) is 18.0 Å². The van der Waals surface area contributed by atoms with Gasteiger partial charge in [-0.25, -0.2) is 0 Å². The van der Waals surface area contributed by atoms with Crippen LogP contribution in [0.5, 0.6) is 0 Å². The molecule has 1 aromatic heterocycles. The topological polar surface area (TPSA) is 66.2 Å². The lowest BCUT2D eigenvalue weighted by molar-refractivity contribution is 0.133. The van der Waals surface area contributed by atoms with E-state index in [1.165, 1.54) is 0 Å². The predicted octanol–water partition coefficient (Wildman–Crippen LogP) is 1.25. The van der Waals surface area contributed by atoms with Crippen molar-refractivity contribution in [2.45, 2.75) is 6.92 Å². The smallest absolute Gasteiger partial charge is 0.112 e. The molecule has 0 atom stereocenters. The van der Waals surface area contributed by atoms with Crippen LogP contribution in [0.1, 0.15) is 6.92 Å². The monoisotopic (exact) mass is 191 g/mol. The van der Waals surface area contributed by atoms with Crippen LogP contribution in [0, 0.1) is 0 Å². The molecule has 14 heavy (non-hydrogen) atoms. The quantitative estimate of drug-likeness (QED) is 0.702. The Bertz CT molecular complexity index is 462. The third-order valence-corrected chi connectivity index (χ3v) is 2.15. The second kappa shape index (κ2) is 3.14. The van der Waals surface area contributed by atoms with Crippen molar-refractivity contribution in [2.75, 3.05) is 18.1 Å². The Morgan fingerprint density at radius 3 is 2.64 bits per heavy atom. The Balaban J connectivity index is 2.70. The maximum atomic E-state index is 5.84. The van der Waals surface area contributed by atoms with Crippen molar-refractivity contribution in [3.63, 3.8) is 0 Å². The average molecular weight is 191 g/mol. The lowest BCUT2D eigenvalue weighted by Crippen LogP contribution is -2.09. The van der Waals surface area contributed by atoms with E-state index in [4.69, 9.17) is 16.3 Å². The van der Waals surface area contributed by atoms with Crippen molar-refractivity contribution in [3.05, 3.63) is 24.4 Å². The molecule has 4 N–H and O–H groups in total. The van der Waals surface area contributed by atoms with E-state index in [2.05, 4.69) is 0 Å². The van der Waals surface area contributed by atoms with Crippen molar-refractivity contribution in [1.29, 1.82) is 0 Å². The van der Waals surface area contributed by atoms with Crippen molar-refractivity contribution in [1.82, 2.24) is 4.73 Å².